The molecule has 0 aliphatic rings. The van der Waals surface area contributed by atoms with Crippen LogP contribution in [0.2, 0.25) is 0 Å². The number of aliphatic hydroxyl groups is 1. The molecule has 0 heterocycles. The van der Waals surface area contributed by atoms with E-state index in [1.54, 1.807) is 6.92 Å². The first-order chi connectivity index (χ1) is 7.49. The Morgan fingerprint density at radius 1 is 1.38 bits per heavy atom. The normalized spacial score (nSPS) is 12.6. The van der Waals surface area contributed by atoms with Crippen LogP contribution >= 0.6 is 0 Å². The molecule has 0 aliphatic carbocycles. The zero-order valence-electron chi connectivity index (χ0n) is 9.26. The lowest BCUT2D eigenvalue weighted by Gasteiger charge is -2.10. The minimum atomic E-state index is -1.26. The lowest BCUT2D eigenvalue weighted by atomic mass is 10.0. The van der Waals surface area contributed by atoms with Gasteiger partial charge in [-0.05, 0) is 25.0 Å². The SMILES string of the molecule is CCCC(O)C(=O)c1ccc(C)c(F)c1F. The van der Waals surface area contributed by atoms with Crippen LogP contribution in [0, 0.1) is 18.6 Å². The van der Waals surface area contributed by atoms with E-state index < -0.39 is 23.5 Å². The molecule has 0 fully saturated rings. The quantitative estimate of drug-likeness (QED) is 0.804. The summed E-state index contributed by atoms with van der Waals surface area (Å²) in [5.41, 5.74) is -0.247. The molecule has 1 aromatic carbocycles. The van der Waals surface area contributed by atoms with E-state index in [-0.39, 0.29) is 17.5 Å². The van der Waals surface area contributed by atoms with Gasteiger partial charge in [0.2, 0.25) is 0 Å². The van der Waals surface area contributed by atoms with Gasteiger partial charge in [0.1, 0.15) is 6.10 Å². The van der Waals surface area contributed by atoms with E-state index >= 15 is 0 Å². The highest BCUT2D eigenvalue weighted by Gasteiger charge is 2.22. The molecule has 0 saturated heterocycles. The Hall–Kier alpha value is -1.29. The Labute approximate surface area is 92.9 Å². The predicted molar refractivity (Wildman–Crippen MR) is 56.3 cm³/mol. The molecule has 0 bridgehead atoms. The highest BCUT2D eigenvalue weighted by atomic mass is 19.2. The third-order valence-electron chi connectivity index (χ3n) is 2.41. The number of aryl methyl sites for hydroxylation is 1. The summed E-state index contributed by atoms with van der Waals surface area (Å²) >= 11 is 0. The zero-order valence-corrected chi connectivity index (χ0v) is 9.26. The van der Waals surface area contributed by atoms with Gasteiger partial charge in [-0.2, -0.15) is 0 Å². The third kappa shape index (κ3) is 2.44. The number of hydrogen-bond donors (Lipinski definition) is 1. The van der Waals surface area contributed by atoms with E-state index in [1.165, 1.54) is 19.1 Å². The van der Waals surface area contributed by atoms with Crippen LogP contribution in [0.15, 0.2) is 12.1 Å². The first kappa shape index (κ1) is 12.8. The van der Waals surface area contributed by atoms with Gasteiger partial charge in [0.15, 0.2) is 17.4 Å². The Morgan fingerprint density at radius 2 is 2.00 bits per heavy atom. The van der Waals surface area contributed by atoms with Crippen LogP contribution in [0.3, 0.4) is 0 Å². The van der Waals surface area contributed by atoms with Gasteiger partial charge in [0.05, 0.1) is 5.56 Å². The summed E-state index contributed by atoms with van der Waals surface area (Å²) < 4.78 is 26.6. The average molecular weight is 228 g/mol. The van der Waals surface area contributed by atoms with E-state index in [9.17, 15) is 18.7 Å². The molecule has 2 nitrogen and oxygen atoms in total. The van der Waals surface area contributed by atoms with Crippen molar-refractivity contribution in [1.82, 2.24) is 0 Å². The molecule has 88 valence electrons. The van der Waals surface area contributed by atoms with Crippen molar-refractivity contribution in [1.29, 1.82) is 0 Å². The number of rotatable bonds is 4. The number of hydrogen-bond acceptors (Lipinski definition) is 2. The lowest BCUT2D eigenvalue weighted by molar-refractivity contribution is 0.0724. The topological polar surface area (TPSA) is 37.3 Å². The monoisotopic (exact) mass is 228 g/mol. The van der Waals surface area contributed by atoms with Crippen LogP contribution in [0.1, 0.15) is 35.7 Å². The molecular formula is C12H14F2O2. The Balaban J connectivity index is 3.05. The van der Waals surface area contributed by atoms with E-state index in [0.717, 1.165) is 0 Å². The molecule has 1 unspecified atom stereocenters. The van der Waals surface area contributed by atoms with Gasteiger partial charge in [-0.1, -0.05) is 19.4 Å². The van der Waals surface area contributed by atoms with Crippen molar-refractivity contribution < 1.29 is 18.7 Å². The second-order valence-corrected chi connectivity index (χ2v) is 3.73. The van der Waals surface area contributed by atoms with E-state index in [2.05, 4.69) is 0 Å². The van der Waals surface area contributed by atoms with Crippen molar-refractivity contribution >= 4 is 5.78 Å². The Kier molecular flexibility index (Phi) is 4.12. The van der Waals surface area contributed by atoms with Crippen LogP contribution in [-0.4, -0.2) is 17.0 Å². The molecule has 1 aromatic rings. The average Bonchev–Trinajstić information content (AvgIpc) is 2.26. The molecule has 0 aromatic heterocycles. The molecule has 4 heteroatoms. The second-order valence-electron chi connectivity index (χ2n) is 3.73. The first-order valence-corrected chi connectivity index (χ1v) is 5.16. The van der Waals surface area contributed by atoms with E-state index in [4.69, 9.17) is 0 Å². The van der Waals surface area contributed by atoms with Gasteiger partial charge in [-0.15, -0.1) is 0 Å². The molecule has 0 aliphatic heterocycles. The van der Waals surface area contributed by atoms with Gasteiger partial charge in [-0.3, -0.25) is 4.79 Å². The number of ketones is 1. The van der Waals surface area contributed by atoms with Crippen LogP contribution in [0.5, 0.6) is 0 Å². The van der Waals surface area contributed by atoms with Crippen molar-refractivity contribution in [3.8, 4) is 0 Å². The van der Waals surface area contributed by atoms with Crippen LogP contribution in [-0.2, 0) is 0 Å². The summed E-state index contributed by atoms with van der Waals surface area (Å²) in [7, 11) is 0. The maximum absolute atomic E-state index is 13.4. The fourth-order valence-electron chi connectivity index (χ4n) is 1.42. The minimum absolute atomic E-state index is 0.138. The maximum Gasteiger partial charge on any atom is 0.194 e. The summed E-state index contributed by atoms with van der Waals surface area (Å²) in [6.07, 6.45) is -0.419. The third-order valence-corrected chi connectivity index (χ3v) is 2.41. The van der Waals surface area contributed by atoms with Crippen LogP contribution in [0.25, 0.3) is 0 Å². The number of carbonyl (C=O) groups excluding carboxylic acids is 1. The Morgan fingerprint density at radius 3 is 2.56 bits per heavy atom. The van der Waals surface area contributed by atoms with Crippen molar-refractivity contribution in [3.63, 3.8) is 0 Å². The highest BCUT2D eigenvalue weighted by Crippen LogP contribution is 2.18. The number of benzene rings is 1. The van der Waals surface area contributed by atoms with Crippen molar-refractivity contribution in [2.75, 3.05) is 0 Å². The minimum Gasteiger partial charge on any atom is -0.385 e. The maximum atomic E-state index is 13.4. The molecule has 1 rings (SSSR count). The zero-order chi connectivity index (χ0) is 12.3. The highest BCUT2D eigenvalue weighted by molar-refractivity contribution is 5.99. The van der Waals surface area contributed by atoms with Gasteiger partial charge in [0, 0.05) is 0 Å². The molecule has 0 saturated carbocycles. The standard InChI is InChI=1S/C12H14F2O2/c1-3-4-9(15)12(16)8-6-5-7(2)10(13)11(8)14/h5-6,9,15H,3-4H2,1-2H3. The molecule has 0 radical (unpaired) electrons. The largest absolute Gasteiger partial charge is 0.385 e. The summed E-state index contributed by atoms with van der Waals surface area (Å²) in [6, 6.07) is 2.53. The van der Waals surface area contributed by atoms with Gasteiger partial charge in [-0.25, -0.2) is 8.78 Å². The summed E-state index contributed by atoms with van der Waals surface area (Å²) in [6.45, 7) is 3.21. The smallest absolute Gasteiger partial charge is 0.194 e. The van der Waals surface area contributed by atoms with Crippen LogP contribution in [0.4, 0.5) is 8.78 Å². The molecule has 0 amide bonds. The summed E-state index contributed by atoms with van der Waals surface area (Å²) in [5.74, 6) is -2.98. The summed E-state index contributed by atoms with van der Waals surface area (Å²) in [4.78, 5) is 11.6. The summed E-state index contributed by atoms with van der Waals surface area (Å²) in [5, 5.41) is 9.42. The molecule has 0 spiro atoms. The van der Waals surface area contributed by atoms with Crippen molar-refractivity contribution in [2.24, 2.45) is 0 Å². The Bertz CT molecular complexity index is 402. The molecule has 16 heavy (non-hydrogen) atoms. The van der Waals surface area contributed by atoms with Gasteiger partial charge >= 0.3 is 0 Å². The number of Topliss-reactive ketones (excluding diaryl/α,β-unsaturated/α-hetero) is 1. The van der Waals surface area contributed by atoms with Crippen LogP contribution < -0.4 is 0 Å². The molecular weight excluding hydrogens is 214 g/mol. The molecule has 1 N–H and O–H groups in total. The van der Waals surface area contributed by atoms with Gasteiger partial charge in [0.25, 0.3) is 0 Å². The predicted octanol–water partition coefficient (Wildman–Crippen LogP) is 2.62. The number of halogens is 2. The fourth-order valence-corrected chi connectivity index (χ4v) is 1.42. The fraction of sp³-hybridized carbons (Fsp3) is 0.417. The van der Waals surface area contributed by atoms with Gasteiger partial charge < -0.3 is 5.11 Å². The van der Waals surface area contributed by atoms with E-state index in [0.29, 0.717) is 6.42 Å². The second kappa shape index (κ2) is 5.16. The van der Waals surface area contributed by atoms with E-state index in [1.807, 2.05) is 0 Å². The first-order valence-electron chi connectivity index (χ1n) is 5.16. The molecule has 1 atom stereocenters. The van der Waals surface area contributed by atoms with Crippen molar-refractivity contribution in [2.45, 2.75) is 32.8 Å². The number of aliphatic hydroxyl groups excluding tert-OH is 1. The number of carbonyl (C=O) groups is 1. The lowest BCUT2D eigenvalue weighted by Crippen LogP contribution is -2.21. The van der Waals surface area contributed by atoms with Crippen molar-refractivity contribution in [3.05, 3.63) is 34.9 Å².